The standard InChI is InChI=1S/C27H25N5O3/c1-2-25(33)31-19-11-18(12-19)30-20-13-21(23-15-29-26(34)22(23)14-20)16-6-8-17(9-7-16)32-27(35)24-5-3-4-10-28-24/h2-10,13-14,18-19,30H,1,11-12,15H2,(H,29,34)(H,31,33)(H,32,35). The van der Waals surface area contributed by atoms with Crippen molar-refractivity contribution in [2.24, 2.45) is 0 Å². The first-order valence-electron chi connectivity index (χ1n) is 11.5. The van der Waals surface area contributed by atoms with E-state index in [1.807, 2.05) is 30.3 Å². The van der Waals surface area contributed by atoms with Gasteiger partial charge >= 0.3 is 0 Å². The third-order valence-electron chi connectivity index (χ3n) is 6.31. The largest absolute Gasteiger partial charge is 0.382 e. The molecule has 5 rings (SSSR count). The van der Waals surface area contributed by atoms with E-state index in [2.05, 4.69) is 38.9 Å². The van der Waals surface area contributed by atoms with Crippen LogP contribution >= 0.6 is 0 Å². The Kier molecular flexibility index (Phi) is 6.01. The third-order valence-corrected chi connectivity index (χ3v) is 6.31. The number of amides is 3. The summed E-state index contributed by atoms with van der Waals surface area (Å²) in [6, 6.07) is 17.0. The molecule has 2 aromatic carbocycles. The zero-order valence-electron chi connectivity index (χ0n) is 19.0. The number of carbonyl (C=O) groups is 3. The summed E-state index contributed by atoms with van der Waals surface area (Å²) in [4.78, 5) is 40.4. The second-order valence-corrected chi connectivity index (χ2v) is 8.70. The highest BCUT2D eigenvalue weighted by molar-refractivity contribution is 6.03. The molecule has 1 saturated carbocycles. The van der Waals surface area contributed by atoms with Crippen LogP contribution in [0, 0.1) is 0 Å². The van der Waals surface area contributed by atoms with Gasteiger partial charge in [0, 0.05) is 41.8 Å². The van der Waals surface area contributed by atoms with Gasteiger partial charge in [-0.05, 0) is 72.0 Å². The number of hydrogen-bond donors (Lipinski definition) is 4. The highest BCUT2D eigenvalue weighted by Gasteiger charge is 2.31. The minimum atomic E-state index is -0.275. The Labute approximate surface area is 202 Å². The SMILES string of the molecule is C=CC(=O)NC1CC(Nc2cc3c(c(-c4ccc(NC(=O)c5ccccn5)cc4)c2)CNC3=O)C1. The zero-order chi connectivity index (χ0) is 24.4. The maximum absolute atomic E-state index is 12.4. The average molecular weight is 468 g/mol. The Morgan fingerprint density at radius 3 is 2.49 bits per heavy atom. The molecule has 0 spiro atoms. The van der Waals surface area contributed by atoms with Crippen molar-refractivity contribution in [2.45, 2.75) is 31.5 Å². The van der Waals surface area contributed by atoms with Gasteiger partial charge in [-0.1, -0.05) is 24.8 Å². The van der Waals surface area contributed by atoms with Gasteiger partial charge in [0.25, 0.3) is 11.8 Å². The molecular formula is C27H25N5O3. The minimum Gasteiger partial charge on any atom is -0.382 e. The molecule has 0 atom stereocenters. The van der Waals surface area contributed by atoms with Crippen LogP contribution in [0.25, 0.3) is 11.1 Å². The molecule has 1 fully saturated rings. The fourth-order valence-electron chi connectivity index (χ4n) is 4.44. The zero-order valence-corrected chi connectivity index (χ0v) is 19.0. The smallest absolute Gasteiger partial charge is 0.274 e. The highest BCUT2D eigenvalue weighted by atomic mass is 16.2. The first kappa shape index (κ1) is 22.3. The van der Waals surface area contributed by atoms with Crippen LogP contribution in [-0.2, 0) is 11.3 Å². The van der Waals surface area contributed by atoms with Crippen molar-refractivity contribution >= 4 is 29.1 Å². The van der Waals surface area contributed by atoms with Crippen molar-refractivity contribution in [3.05, 3.63) is 90.3 Å². The number of anilines is 2. The summed E-state index contributed by atoms with van der Waals surface area (Å²) in [5.41, 5.74) is 5.39. The summed E-state index contributed by atoms with van der Waals surface area (Å²) in [6.45, 7) is 3.96. The van der Waals surface area contributed by atoms with E-state index in [-0.39, 0.29) is 29.8 Å². The van der Waals surface area contributed by atoms with Gasteiger partial charge in [-0.2, -0.15) is 0 Å². The molecule has 1 aliphatic carbocycles. The van der Waals surface area contributed by atoms with Crippen molar-refractivity contribution in [3.63, 3.8) is 0 Å². The van der Waals surface area contributed by atoms with Crippen LogP contribution in [0.15, 0.2) is 73.4 Å². The van der Waals surface area contributed by atoms with E-state index in [0.717, 1.165) is 35.2 Å². The number of carbonyl (C=O) groups excluding carboxylic acids is 3. The maximum Gasteiger partial charge on any atom is 0.274 e. The summed E-state index contributed by atoms with van der Waals surface area (Å²) in [6.07, 6.45) is 4.48. The number of benzene rings is 2. The monoisotopic (exact) mass is 467 g/mol. The normalized spacial score (nSPS) is 18.0. The molecule has 8 heteroatoms. The van der Waals surface area contributed by atoms with E-state index in [0.29, 0.717) is 23.5 Å². The molecule has 1 aliphatic heterocycles. The molecule has 3 amide bonds. The number of nitrogens with zero attached hydrogens (tertiary/aromatic N) is 1. The van der Waals surface area contributed by atoms with Gasteiger partial charge in [0.15, 0.2) is 0 Å². The van der Waals surface area contributed by atoms with E-state index in [1.54, 1.807) is 24.4 Å². The summed E-state index contributed by atoms with van der Waals surface area (Å²) >= 11 is 0. The fraction of sp³-hybridized carbons (Fsp3) is 0.185. The average Bonchev–Trinajstić information content (AvgIpc) is 3.23. The van der Waals surface area contributed by atoms with Crippen LogP contribution in [0.4, 0.5) is 11.4 Å². The molecule has 176 valence electrons. The molecule has 1 aromatic heterocycles. The lowest BCUT2D eigenvalue weighted by Crippen LogP contribution is -2.49. The van der Waals surface area contributed by atoms with Crippen molar-refractivity contribution < 1.29 is 14.4 Å². The molecule has 0 unspecified atom stereocenters. The molecule has 0 saturated heterocycles. The van der Waals surface area contributed by atoms with Crippen LogP contribution < -0.4 is 21.3 Å². The van der Waals surface area contributed by atoms with Crippen molar-refractivity contribution in [2.75, 3.05) is 10.6 Å². The van der Waals surface area contributed by atoms with Crippen LogP contribution in [0.3, 0.4) is 0 Å². The molecule has 35 heavy (non-hydrogen) atoms. The first-order valence-corrected chi connectivity index (χ1v) is 11.5. The lowest BCUT2D eigenvalue weighted by molar-refractivity contribution is -0.117. The number of pyridine rings is 1. The van der Waals surface area contributed by atoms with E-state index >= 15 is 0 Å². The van der Waals surface area contributed by atoms with Gasteiger partial charge in [0.2, 0.25) is 5.91 Å². The summed E-state index contributed by atoms with van der Waals surface area (Å²) in [7, 11) is 0. The molecule has 3 aromatic rings. The Bertz CT molecular complexity index is 1300. The van der Waals surface area contributed by atoms with Gasteiger partial charge in [-0.3, -0.25) is 19.4 Å². The van der Waals surface area contributed by atoms with Crippen LogP contribution in [-0.4, -0.2) is 34.8 Å². The number of rotatable bonds is 7. The number of aromatic nitrogens is 1. The quantitative estimate of drug-likeness (QED) is 0.398. The Morgan fingerprint density at radius 1 is 1.00 bits per heavy atom. The molecular weight excluding hydrogens is 442 g/mol. The predicted octanol–water partition coefficient (Wildman–Crippen LogP) is 3.49. The van der Waals surface area contributed by atoms with Gasteiger partial charge in [-0.15, -0.1) is 0 Å². The second kappa shape index (κ2) is 9.42. The van der Waals surface area contributed by atoms with Crippen molar-refractivity contribution in [1.82, 2.24) is 15.6 Å². The lowest BCUT2D eigenvalue weighted by Gasteiger charge is -2.36. The van der Waals surface area contributed by atoms with E-state index < -0.39 is 0 Å². The topological polar surface area (TPSA) is 112 Å². The van der Waals surface area contributed by atoms with Crippen LogP contribution in [0.5, 0.6) is 0 Å². The predicted molar refractivity (Wildman–Crippen MR) is 134 cm³/mol. The summed E-state index contributed by atoms with van der Waals surface area (Å²) in [5.74, 6) is -0.526. The van der Waals surface area contributed by atoms with Crippen molar-refractivity contribution in [1.29, 1.82) is 0 Å². The molecule has 4 N–H and O–H groups in total. The summed E-state index contributed by atoms with van der Waals surface area (Å²) < 4.78 is 0. The van der Waals surface area contributed by atoms with Gasteiger partial charge in [0.1, 0.15) is 5.69 Å². The van der Waals surface area contributed by atoms with Crippen molar-refractivity contribution in [3.8, 4) is 11.1 Å². The molecule has 2 aliphatic rings. The van der Waals surface area contributed by atoms with Crippen LogP contribution in [0.2, 0.25) is 0 Å². The Hall–Kier alpha value is -4.46. The molecule has 0 radical (unpaired) electrons. The Balaban J connectivity index is 1.33. The van der Waals surface area contributed by atoms with E-state index in [4.69, 9.17) is 0 Å². The minimum absolute atomic E-state index is 0.0890. The number of fused-ring (bicyclic) bond motifs is 1. The van der Waals surface area contributed by atoms with Gasteiger partial charge in [-0.25, -0.2) is 0 Å². The van der Waals surface area contributed by atoms with E-state index in [1.165, 1.54) is 6.08 Å². The molecule has 8 nitrogen and oxygen atoms in total. The van der Waals surface area contributed by atoms with Gasteiger partial charge in [0.05, 0.1) is 0 Å². The fourth-order valence-corrected chi connectivity index (χ4v) is 4.44. The van der Waals surface area contributed by atoms with Gasteiger partial charge < -0.3 is 21.3 Å². The van der Waals surface area contributed by atoms with Crippen LogP contribution in [0.1, 0.15) is 39.3 Å². The lowest BCUT2D eigenvalue weighted by atomic mass is 9.86. The maximum atomic E-state index is 12.4. The first-order chi connectivity index (χ1) is 17.0. The second-order valence-electron chi connectivity index (χ2n) is 8.70. The molecule has 2 heterocycles. The van der Waals surface area contributed by atoms with E-state index in [9.17, 15) is 14.4 Å². The number of hydrogen-bond acceptors (Lipinski definition) is 5. The molecule has 0 bridgehead atoms. The number of nitrogens with one attached hydrogen (secondary N) is 4. The Morgan fingerprint density at radius 2 is 1.77 bits per heavy atom. The summed E-state index contributed by atoms with van der Waals surface area (Å²) in [5, 5.41) is 12.2. The third kappa shape index (κ3) is 4.77. The highest BCUT2D eigenvalue weighted by Crippen LogP contribution is 2.35.